The van der Waals surface area contributed by atoms with Crippen LogP contribution >= 0.6 is 0 Å². The molecule has 234 valence electrons. The lowest BCUT2D eigenvalue weighted by atomic mass is 9.77. The smallest absolute Gasteiger partial charge is 0.356 e. The van der Waals surface area contributed by atoms with Gasteiger partial charge in [0.2, 0.25) is 5.91 Å². The summed E-state index contributed by atoms with van der Waals surface area (Å²) in [5.41, 5.74) is 11.1. The number of hydrogen-bond acceptors (Lipinski definition) is 9. The van der Waals surface area contributed by atoms with Gasteiger partial charge in [-0.25, -0.2) is 14.8 Å². The van der Waals surface area contributed by atoms with Crippen LogP contribution in [0.15, 0.2) is 75.9 Å². The van der Waals surface area contributed by atoms with Gasteiger partial charge in [-0.1, -0.05) is 30.3 Å². The zero-order chi connectivity index (χ0) is 31.8. The summed E-state index contributed by atoms with van der Waals surface area (Å²) in [6, 6.07) is 18.8. The van der Waals surface area contributed by atoms with E-state index in [2.05, 4.69) is 25.5 Å². The third kappa shape index (κ3) is 8.13. The van der Waals surface area contributed by atoms with Crippen molar-refractivity contribution in [2.45, 2.75) is 52.4 Å². The Morgan fingerprint density at radius 3 is 2.29 bits per heavy atom. The number of carbonyl (C=O) groups excluding carboxylic acids is 3. The summed E-state index contributed by atoms with van der Waals surface area (Å²) < 4.78 is 5.06. The number of azo groups is 1. The van der Waals surface area contributed by atoms with Crippen molar-refractivity contribution in [1.82, 2.24) is 4.98 Å². The van der Waals surface area contributed by atoms with Crippen molar-refractivity contribution in [2.75, 3.05) is 25.1 Å². The minimum Gasteiger partial charge on any atom is -0.461 e. The highest BCUT2D eigenvalue weighted by Gasteiger charge is 2.30. The number of esters is 1. The number of nitrogens with zero attached hydrogens (tertiary/aromatic N) is 4. The first-order chi connectivity index (χ1) is 21.8. The fourth-order valence-electron chi connectivity index (χ4n) is 6.00. The van der Waals surface area contributed by atoms with Gasteiger partial charge in [0.25, 0.3) is 0 Å². The molecular formula is C35H40N6O4. The van der Waals surface area contributed by atoms with Crippen LogP contribution in [0.5, 0.6) is 0 Å². The average molecular weight is 609 g/mol. The number of nitrogens with one attached hydrogen (secondary N) is 1. The van der Waals surface area contributed by atoms with Crippen LogP contribution in [0.4, 0.5) is 5.69 Å². The number of nitrogens with two attached hydrogens (primary N) is 1. The average Bonchev–Trinajstić information content (AvgIpc) is 3.60. The Hall–Kier alpha value is -4.57. The maximum absolute atomic E-state index is 13.7. The van der Waals surface area contributed by atoms with E-state index in [0.717, 1.165) is 53.6 Å². The molecule has 3 aromatic rings. The van der Waals surface area contributed by atoms with Crippen LogP contribution in [0.25, 0.3) is 11.1 Å². The van der Waals surface area contributed by atoms with E-state index < -0.39 is 11.9 Å². The van der Waals surface area contributed by atoms with E-state index in [1.54, 1.807) is 13.0 Å². The number of aromatic nitrogens is 1. The number of Topliss-reactive ketones (excluding diaryl/α,β-unsaturated/α-hetero) is 1. The van der Waals surface area contributed by atoms with Crippen LogP contribution in [0, 0.1) is 24.7 Å². The number of carbonyl (C=O) groups is 3. The van der Waals surface area contributed by atoms with Gasteiger partial charge in [0, 0.05) is 40.8 Å². The van der Waals surface area contributed by atoms with Crippen molar-refractivity contribution in [2.24, 2.45) is 38.7 Å². The molecule has 1 atom stereocenters. The number of benzene rings is 2. The predicted octanol–water partition coefficient (Wildman–Crippen LogP) is 5.93. The Morgan fingerprint density at radius 2 is 1.67 bits per heavy atom. The monoisotopic (exact) mass is 608 g/mol. The summed E-state index contributed by atoms with van der Waals surface area (Å²) in [6.45, 7) is 4.89. The first kappa shape index (κ1) is 31.8. The van der Waals surface area contributed by atoms with E-state index >= 15 is 0 Å². The maximum Gasteiger partial charge on any atom is 0.356 e. The minimum absolute atomic E-state index is 0.0286. The van der Waals surface area contributed by atoms with Crippen molar-refractivity contribution < 1.29 is 19.1 Å². The Bertz CT molecular complexity index is 1570. The molecule has 0 radical (unpaired) electrons. The van der Waals surface area contributed by atoms with Gasteiger partial charge in [0.05, 0.1) is 6.61 Å². The second kappa shape index (κ2) is 14.9. The normalized spacial score (nSPS) is 18.2. The molecule has 1 aliphatic carbocycles. The molecule has 1 aromatic heterocycles. The van der Waals surface area contributed by atoms with Crippen molar-refractivity contribution in [1.29, 1.82) is 0 Å². The van der Waals surface area contributed by atoms with Crippen LogP contribution in [0.2, 0.25) is 0 Å². The van der Waals surface area contributed by atoms with Crippen LogP contribution in [0.1, 0.15) is 66.3 Å². The topological polar surface area (TPSA) is 148 Å². The van der Waals surface area contributed by atoms with Crippen LogP contribution in [-0.4, -0.2) is 48.3 Å². The van der Waals surface area contributed by atoms with Crippen LogP contribution in [0.3, 0.4) is 0 Å². The molecule has 2 aliphatic rings. The molecule has 1 fully saturated rings. The van der Waals surface area contributed by atoms with Gasteiger partial charge in [-0.05, 0) is 99.9 Å². The Labute approximate surface area is 263 Å². The molecule has 0 bridgehead atoms. The van der Waals surface area contributed by atoms with E-state index in [1.165, 1.54) is 0 Å². The van der Waals surface area contributed by atoms with Crippen LogP contribution in [-0.2, 0) is 20.7 Å². The molecule has 3 N–H and O–H groups in total. The van der Waals surface area contributed by atoms with Gasteiger partial charge in [-0.15, -0.1) is 5.11 Å². The summed E-state index contributed by atoms with van der Waals surface area (Å²) in [7, 11) is 0. The molecule has 5 rings (SSSR count). The summed E-state index contributed by atoms with van der Waals surface area (Å²) in [5.74, 6) is -0.000395. The number of aryl methyl sites for hydroxylation is 1. The first-order valence-corrected chi connectivity index (χ1v) is 15.6. The number of amides is 1. The summed E-state index contributed by atoms with van der Waals surface area (Å²) >= 11 is 0. The number of anilines is 1. The van der Waals surface area contributed by atoms with Crippen molar-refractivity contribution in [3.8, 4) is 11.1 Å². The molecule has 0 spiro atoms. The van der Waals surface area contributed by atoms with E-state index in [-0.39, 0.29) is 29.7 Å². The lowest BCUT2D eigenvalue weighted by molar-refractivity contribution is -0.129. The quantitative estimate of drug-likeness (QED) is 0.244. The SMILES string of the molecule is CCOC(=O)c1ccc(-c2ccc(C[C@H](CC(=O)C3CCC(CN)CC3)C(=O)Nc3ccc(C4=NCN=N4)cc3)cc2)c(C)n1. The summed E-state index contributed by atoms with van der Waals surface area (Å²) in [4.78, 5) is 47.9. The van der Waals surface area contributed by atoms with Crippen molar-refractivity contribution in [3.63, 3.8) is 0 Å². The third-order valence-electron chi connectivity index (χ3n) is 8.63. The lowest BCUT2D eigenvalue weighted by Crippen LogP contribution is -2.31. The number of hydrogen-bond donors (Lipinski definition) is 2. The Balaban J connectivity index is 1.30. The lowest BCUT2D eigenvalue weighted by Gasteiger charge is -2.27. The number of pyridine rings is 1. The molecule has 1 amide bonds. The number of ether oxygens (including phenoxy) is 1. The Morgan fingerprint density at radius 1 is 0.956 bits per heavy atom. The Kier molecular flexibility index (Phi) is 10.6. The number of ketones is 1. The molecule has 0 saturated heterocycles. The highest BCUT2D eigenvalue weighted by atomic mass is 16.5. The van der Waals surface area contributed by atoms with Gasteiger partial charge >= 0.3 is 5.97 Å². The van der Waals surface area contributed by atoms with Gasteiger partial charge in [0.15, 0.2) is 12.5 Å². The molecule has 2 aromatic carbocycles. The predicted molar refractivity (Wildman–Crippen MR) is 173 cm³/mol. The van der Waals surface area contributed by atoms with Gasteiger partial charge in [-0.2, -0.15) is 5.11 Å². The van der Waals surface area contributed by atoms with Gasteiger partial charge in [-0.3, -0.25) is 9.59 Å². The van der Waals surface area contributed by atoms with Gasteiger partial charge in [0.1, 0.15) is 11.5 Å². The second-order valence-corrected chi connectivity index (χ2v) is 11.7. The standard InChI is InChI=1S/C35H40N6O4/c1-3-45-35(44)31-17-16-30(22(2)39-31)25-8-4-23(5-9-25)18-28(19-32(42)26-10-6-24(20-36)7-11-26)34(43)40-29-14-12-27(13-15-29)33-37-21-38-41-33/h4-5,8-9,12-17,24,26,28H,3,6-7,10-11,18-21,36H2,1-2H3,(H,40,43)/t24?,26?,28-/m1/s1. The van der Waals surface area contributed by atoms with Gasteiger partial charge < -0.3 is 15.8 Å². The molecular weight excluding hydrogens is 568 g/mol. The van der Waals surface area contributed by atoms with Crippen LogP contribution < -0.4 is 11.1 Å². The summed E-state index contributed by atoms with van der Waals surface area (Å²) in [6.07, 6.45) is 4.17. The fraction of sp³-hybridized carbons (Fsp3) is 0.400. The largest absolute Gasteiger partial charge is 0.461 e. The van der Waals surface area contributed by atoms with Crippen molar-refractivity contribution >= 4 is 29.2 Å². The number of rotatable bonds is 12. The molecule has 1 saturated carbocycles. The second-order valence-electron chi connectivity index (χ2n) is 11.7. The summed E-state index contributed by atoms with van der Waals surface area (Å²) in [5, 5.41) is 10.9. The number of amidine groups is 1. The zero-order valence-electron chi connectivity index (χ0n) is 25.9. The first-order valence-electron chi connectivity index (χ1n) is 15.6. The molecule has 1 aliphatic heterocycles. The molecule has 0 unspecified atom stereocenters. The zero-order valence-corrected chi connectivity index (χ0v) is 25.9. The van der Waals surface area contributed by atoms with E-state index in [1.807, 2.05) is 61.5 Å². The van der Waals surface area contributed by atoms with E-state index in [0.29, 0.717) is 43.7 Å². The highest BCUT2D eigenvalue weighted by molar-refractivity contribution is 6.01. The third-order valence-corrected chi connectivity index (χ3v) is 8.63. The number of aliphatic imine (C=N–C) groups is 1. The molecule has 2 heterocycles. The van der Waals surface area contributed by atoms with E-state index in [9.17, 15) is 14.4 Å². The molecule has 45 heavy (non-hydrogen) atoms. The maximum atomic E-state index is 13.7. The fourth-order valence-corrected chi connectivity index (χ4v) is 6.00. The minimum atomic E-state index is -0.532. The molecule has 10 heteroatoms. The van der Waals surface area contributed by atoms with E-state index in [4.69, 9.17) is 10.5 Å². The highest BCUT2D eigenvalue weighted by Crippen LogP contribution is 2.31. The molecule has 10 nitrogen and oxygen atoms in total. The van der Waals surface area contributed by atoms with Crippen molar-refractivity contribution in [3.05, 3.63) is 83.2 Å².